The van der Waals surface area contributed by atoms with Crippen LogP contribution in [-0.4, -0.2) is 36.3 Å². The van der Waals surface area contributed by atoms with Crippen LogP contribution in [0.4, 0.5) is 11.4 Å². The van der Waals surface area contributed by atoms with Gasteiger partial charge in [0.2, 0.25) is 11.8 Å². The van der Waals surface area contributed by atoms with Gasteiger partial charge < -0.3 is 10.6 Å². The largest absolute Gasteiger partial charge is 0.325 e. The molecule has 4 rings (SSSR count). The van der Waals surface area contributed by atoms with Crippen LogP contribution in [0.3, 0.4) is 0 Å². The zero-order valence-corrected chi connectivity index (χ0v) is 18.2. The highest BCUT2D eigenvalue weighted by atomic mass is 16.2. The van der Waals surface area contributed by atoms with Crippen LogP contribution in [0.25, 0.3) is 10.8 Å². The Morgan fingerprint density at radius 2 is 1.65 bits per heavy atom. The standard InChI is InChI=1S/C26H29N3O2/c1-18-10-11-22(16-19(18)2)27-25(30)17-29-14-12-21(13-15-29)26(31)28-24-9-5-7-20-6-3-4-8-23(20)24/h3-11,16,21H,12-15,17H2,1-2H3,(H,27,30)(H,28,31). The van der Waals surface area contributed by atoms with Crippen molar-refractivity contribution >= 4 is 34.0 Å². The lowest BCUT2D eigenvalue weighted by atomic mass is 9.95. The molecule has 3 aromatic rings. The number of benzene rings is 3. The number of aryl methyl sites for hydroxylation is 2. The summed E-state index contributed by atoms with van der Waals surface area (Å²) in [6, 6.07) is 20.0. The van der Waals surface area contributed by atoms with Crippen molar-refractivity contribution in [2.75, 3.05) is 30.3 Å². The summed E-state index contributed by atoms with van der Waals surface area (Å²) in [6.45, 7) is 5.94. The van der Waals surface area contributed by atoms with Gasteiger partial charge in [0, 0.05) is 22.7 Å². The van der Waals surface area contributed by atoms with Crippen LogP contribution in [0.15, 0.2) is 60.7 Å². The van der Waals surface area contributed by atoms with Crippen molar-refractivity contribution in [1.29, 1.82) is 0 Å². The molecule has 1 heterocycles. The number of piperidine rings is 1. The highest BCUT2D eigenvalue weighted by molar-refractivity contribution is 6.02. The van der Waals surface area contributed by atoms with Crippen LogP contribution < -0.4 is 10.6 Å². The zero-order valence-electron chi connectivity index (χ0n) is 18.2. The third-order valence-corrected chi connectivity index (χ3v) is 6.16. The average molecular weight is 416 g/mol. The molecule has 1 fully saturated rings. The molecule has 160 valence electrons. The summed E-state index contributed by atoms with van der Waals surface area (Å²) in [4.78, 5) is 27.4. The molecule has 5 heteroatoms. The fraction of sp³-hybridized carbons (Fsp3) is 0.308. The lowest BCUT2D eigenvalue weighted by molar-refractivity contribution is -0.121. The minimum atomic E-state index is -0.0296. The summed E-state index contributed by atoms with van der Waals surface area (Å²) in [6.07, 6.45) is 1.51. The van der Waals surface area contributed by atoms with E-state index in [-0.39, 0.29) is 17.7 Å². The molecule has 0 bridgehead atoms. The summed E-state index contributed by atoms with van der Waals surface area (Å²) >= 11 is 0. The maximum absolute atomic E-state index is 12.8. The van der Waals surface area contributed by atoms with E-state index < -0.39 is 0 Å². The molecule has 0 unspecified atom stereocenters. The predicted octanol–water partition coefficient (Wildman–Crippen LogP) is 4.75. The van der Waals surface area contributed by atoms with Crippen molar-refractivity contribution in [2.24, 2.45) is 5.92 Å². The molecule has 0 spiro atoms. The van der Waals surface area contributed by atoms with E-state index in [1.807, 2.05) is 67.6 Å². The lowest BCUT2D eigenvalue weighted by Gasteiger charge is -2.30. The Morgan fingerprint density at radius 1 is 0.903 bits per heavy atom. The number of nitrogens with zero attached hydrogens (tertiary/aromatic N) is 1. The molecule has 2 amide bonds. The van der Waals surface area contributed by atoms with Gasteiger partial charge in [-0.3, -0.25) is 14.5 Å². The Hall–Kier alpha value is -3.18. The molecule has 1 aliphatic heterocycles. The van der Waals surface area contributed by atoms with Crippen molar-refractivity contribution < 1.29 is 9.59 Å². The van der Waals surface area contributed by atoms with Crippen molar-refractivity contribution in [3.05, 3.63) is 71.8 Å². The van der Waals surface area contributed by atoms with E-state index in [9.17, 15) is 9.59 Å². The number of likely N-dealkylation sites (tertiary alicyclic amines) is 1. The van der Waals surface area contributed by atoms with Gasteiger partial charge in [0.15, 0.2) is 0 Å². The fourth-order valence-electron chi connectivity index (χ4n) is 4.15. The summed E-state index contributed by atoms with van der Waals surface area (Å²) in [7, 11) is 0. The molecular weight excluding hydrogens is 386 g/mol. The molecule has 0 aromatic heterocycles. The number of anilines is 2. The van der Waals surface area contributed by atoms with Crippen LogP contribution >= 0.6 is 0 Å². The Bertz CT molecular complexity index is 1100. The summed E-state index contributed by atoms with van der Waals surface area (Å²) in [5.74, 6) is 0.0236. The first-order valence-electron chi connectivity index (χ1n) is 10.9. The molecule has 1 aliphatic rings. The number of rotatable bonds is 5. The van der Waals surface area contributed by atoms with E-state index >= 15 is 0 Å². The van der Waals surface area contributed by atoms with E-state index in [4.69, 9.17) is 0 Å². The smallest absolute Gasteiger partial charge is 0.238 e. The normalized spacial score (nSPS) is 15.0. The first kappa shape index (κ1) is 21.1. The number of amides is 2. The molecule has 2 N–H and O–H groups in total. The van der Waals surface area contributed by atoms with Gasteiger partial charge in [0.1, 0.15) is 0 Å². The van der Waals surface area contributed by atoms with Crippen molar-refractivity contribution in [3.63, 3.8) is 0 Å². The Balaban J connectivity index is 1.28. The number of hydrogen-bond acceptors (Lipinski definition) is 3. The Kier molecular flexibility index (Phi) is 6.33. The third-order valence-electron chi connectivity index (χ3n) is 6.16. The summed E-state index contributed by atoms with van der Waals surface area (Å²) in [5.41, 5.74) is 4.06. The van der Waals surface area contributed by atoms with Crippen molar-refractivity contribution in [2.45, 2.75) is 26.7 Å². The minimum Gasteiger partial charge on any atom is -0.325 e. The Labute approximate surface area is 183 Å². The number of nitrogens with one attached hydrogen (secondary N) is 2. The van der Waals surface area contributed by atoms with Crippen molar-refractivity contribution in [1.82, 2.24) is 4.90 Å². The summed E-state index contributed by atoms with van der Waals surface area (Å²) in [5, 5.41) is 8.27. The van der Waals surface area contributed by atoms with Gasteiger partial charge in [-0.25, -0.2) is 0 Å². The van der Waals surface area contributed by atoms with E-state index in [2.05, 4.69) is 22.5 Å². The maximum Gasteiger partial charge on any atom is 0.238 e. The van der Waals surface area contributed by atoms with Crippen LogP contribution in [0.5, 0.6) is 0 Å². The second-order valence-corrected chi connectivity index (χ2v) is 8.41. The van der Waals surface area contributed by atoms with Crippen LogP contribution in [0.1, 0.15) is 24.0 Å². The maximum atomic E-state index is 12.8. The zero-order chi connectivity index (χ0) is 21.8. The number of hydrogen-bond donors (Lipinski definition) is 2. The summed E-state index contributed by atoms with van der Waals surface area (Å²) < 4.78 is 0. The minimum absolute atomic E-state index is 0.0121. The molecular formula is C26H29N3O2. The number of carbonyl (C=O) groups is 2. The van der Waals surface area contributed by atoms with Gasteiger partial charge in [0.05, 0.1) is 6.54 Å². The van der Waals surface area contributed by atoms with Gasteiger partial charge in [-0.05, 0) is 74.5 Å². The van der Waals surface area contributed by atoms with Gasteiger partial charge in [0.25, 0.3) is 0 Å². The highest BCUT2D eigenvalue weighted by Gasteiger charge is 2.26. The van der Waals surface area contributed by atoms with E-state index in [0.717, 1.165) is 53.6 Å². The van der Waals surface area contributed by atoms with Gasteiger partial charge in [-0.15, -0.1) is 0 Å². The lowest BCUT2D eigenvalue weighted by Crippen LogP contribution is -2.41. The Morgan fingerprint density at radius 3 is 2.42 bits per heavy atom. The molecule has 31 heavy (non-hydrogen) atoms. The second kappa shape index (κ2) is 9.31. The molecule has 5 nitrogen and oxygen atoms in total. The van der Waals surface area contributed by atoms with Crippen LogP contribution in [-0.2, 0) is 9.59 Å². The number of fused-ring (bicyclic) bond motifs is 1. The first-order chi connectivity index (χ1) is 15.0. The van der Waals surface area contributed by atoms with E-state index in [1.54, 1.807) is 0 Å². The quantitative estimate of drug-likeness (QED) is 0.632. The predicted molar refractivity (Wildman–Crippen MR) is 126 cm³/mol. The molecule has 1 saturated heterocycles. The van der Waals surface area contributed by atoms with Crippen LogP contribution in [0.2, 0.25) is 0 Å². The third kappa shape index (κ3) is 5.12. The first-order valence-corrected chi connectivity index (χ1v) is 10.9. The van der Waals surface area contributed by atoms with Gasteiger partial charge in [-0.1, -0.05) is 42.5 Å². The van der Waals surface area contributed by atoms with Gasteiger partial charge >= 0.3 is 0 Å². The van der Waals surface area contributed by atoms with Crippen molar-refractivity contribution in [3.8, 4) is 0 Å². The second-order valence-electron chi connectivity index (χ2n) is 8.41. The molecule has 0 radical (unpaired) electrons. The number of carbonyl (C=O) groups excluding carboxylic acids is 2. The monoisotopic (exact) mass is 415 g/mol. The average Bonchev–Trinajstić information content (AvgIpc) is 2.77. The van der Waals surface area contributed by atoms with E-state index in [0.29, 0.717) is 6.54 Å². The topological polar surface area (TPSA) is 61.4 Å². The molecule has 0 atom stereocenters. The highest BCUT2D eigenvalue weighted by Crippen LogP contribution is 2.25. The van der Waals surface area contributed by atoms with E-state index in [1.165, 1.54) is 5.56 Å². The molecule has 3 aromatic carbocycles. The SMILES string of the molecule is Cc1ccc(NC(=O)CN2CCC(C(=O)Nc3cccc4ccccc34)CC2)cc1C. The molecule has 0 aliphatic carbocycles. The fourth-order valence-corrected chi connectivity index (χ4v) is 4.15. The van der Waals surface area contributed by atoms with Gasteiger partial charge in [-0.2, -0.15) is 0 Å². The van der Waals surface area contributed by atoms with Crippen LogP contribution in [0, 0.1) is 19.8 Å². The molecule has 0 saturated carbocycles.